The summed E-state index contributed by atoms with van der Waals surface area (Å²) in [6, 6.07) is 15.5. The van der Waals surface area contributed by atoms with E-state index in [1.807, 2.05) is 48.5 Å². The van der Waals surface area contributed by atoms with Crippen LogP contribution in [-0.4, -0.2) is 29.2 Å². The first-order chi connectivity index (χ1) is 13.7. The van der Waals surface area contributed by atoms with Crippen molar-refractivity contribution in [2.24, 2.45) is 0 Å². The normalized spacial score (nSPS) is 14.9. The van der Waals surface area contributed by atoms with Gasteiger partial charge in [0, 0.05) is 6.04 Å². The van der Waals surface area contributed by atoms with E-state index in [2.05, 4.69) is 27.8 Å². The second-order valence-electron chi connectivity index (χ2n) is 7.00. The minimum atomic E-state index is -0.268. The van der Waals surface area contributed by atoms with Crippen LogP contribution in [0.4, 0.5) is 4.79 Å². The SMILES string of the molecule is COc1ccc(CC(NC(=O)NC2CC=CC2)c2nc3ccccc3[nH]2)cc1. The van der Waals surface area contributed by atoms with E-state index < -0.39 is 0 Å². The molecule has 3 N–H and O–H groups in total. The molecule has 1 aliphatic rings. The average Bonchev–Trinajstić information content (AvgIpc) is 3.37. The Morgan fingerprint density at radius 2 is 1.93 bits per heavy atom. The van der Waals surface area contributed by atoms with Crippen LogP contribution in [0.15, 0.2) is 60.7 Å². The predicted molar refractivity (Wildman–Crippen MR) is 109 cm³/mol. The lowest BCUT2D eigenvalue weighted by atomic mass is 10.1. The number of H-pyrrole nitrogens is 1. The second-order valence-corrected chi connectivity index (χ2v) is 7.00. The summed E-state index contributed by atoms with van der Waals surface area (Å²) in [5.74, 6) is 1.56. The summed E-state index contributed by atoms with van der Waals surface area (Å²) in [6.07, 6.45) is 6.57. The van der Waals surface area contributed by atoms with Crippen molar-refractivity contribution >= 4 is 17.1 Å². The minimum Gasteiger partial charge on any atom is -0.497 e. The topological polar surface area (TPSA) is 79.0 Å². The highest BCUT2D eigenvalue weighted by atomic mass is 16.5. The molecule has 1 heterocycles. The Labute approximate surface area is 164 Å². The molecule has 144 valence electrons. The molecule has 6 nitrogen and oxygen atoms in total. The van der Waals surface area contributed by atoms with Gasteiger partial charge in [-0.3, -0.25) is 0 Å². The van der Waals surface area contributed by atoms with Gasteiger partial charge in [-0.15, -0.1) is 0 Å². The molecule has 1 aliphatic carbocycles. The Balaban J connectivity index is 1.54. The van der Waals surface area contributed by atoms with Gasteiger partial charge in [-0.05, 0) is 49.1 Å². The second kappa shape index (κ2) is 8.17. The number of aromatic nitrogens is 2. The highest BCUT2D eigenvalue weighted by molar-refractivity contribution is 5.76. The first-order valence-electron chi connectivity index (χ1n) is 9.51. The molecule has 1 atom stereocenters. The van der Waals surface area contributed by atoms with Gasteiger partial charge in [0.05, 0.1) is 24.2 Å². The Kier molecular flexibility index (Phi) is 5.28. The lowest BCUT2D eigenvalue weighted by molar-refractivity contribution is 0.233. The first kappa shape index (κ1) is 18.1. The highest BCUT2D eigenvalue weighted by Gasteiger charge is 2.21. The van der Waals surface area contributed by atoms with Crippen LogP contribution in [-0.2, 0) is 6.42 Å². The van der Waals surface area contributed by atoms with Gasteiger partial charge in [-0.2, -0.15) is 0 Å². The van der Waals surface area contributed by atoms with Gasteiger partial charge in [0.2, 0.25) is 0 Å². The van der Waals surface area contributed by atoms with Gasteiger partial charge in [0.15, 0.2) is 0 Å². The summed E-state index contributed by atoms with van der Waals surface area (Å²) < 4.78 is 5.23. The van der Waals surface area contributed by atoms with Crippen molar-refractivity contribution in [3.63, 3.8) is 0 Å². The Morgan fingerprint density at radius 1 is 1.18 bits per heavy atom. The first-order valence-corrected chi connectivity index (χ1v) is 9.51. The van der Waals surface area contributed by atoms with Crippen molar-refractivity contribution in [2.75, 3.05) is 7.11 Å². The molecule has 28 heavy (non-hydrogen) atoms. The third kappa shape index (κ3) is 4.17. The van der Waals surface area contributed by atoms with Crippen molar-refractivity contribution in [3.05, 3.63) is 72.1 Å². The number of carbonyl (C=O) groups is 1. The molecular formula is C22H24N4O2. The van der Waals surface area contributed by atoms with Gasteiger partial charge in [-0.25, -0.2) is 9.78 Å². The van der Waals surface area contributed by atoms with Crippen molar-refractivity contribution in [1.29, 1.82) is 0 Å². The van der Waals surface area contributed by atoms with Gasteiger partial charge < -0.3 is 20.4 Å². The van der Waals surface area contributed by atoms with Crippen molar-refractivity contribution in [3.8, 4) is 5.75 Å². The number of imidazole rings is 1. The molecule has 2 aromatic carbocycles. The number of ether oxygens (including phenoxy) is 1. The number of benzene rings is 2. The van der Waals surface area contributed by atoms with E-state index in [4.69, 9.17) is 9.72 Å². The number of para-hydroxylation sites is 2. The summed E-state index contributed by atoms with van der Waals surface area (Å²) >= 11 is 0. The fraction of sp³-hybridized carbons (Fsp3) is 0.273. The van der Waals surface area contributed by atoms with Crippen molar-refractivity contribution in [2.45, 2.75) is 31.3 Å². The van der Waals surface area contributed by atoms with E-state index in [9.17, 15) is 4.79 Å². The molecule has 0 saturated heterocycles. The number of carbonyl (C=O) groups excluding carboxylic acids is 1. The monoisotopic (exact) mass is 376 g/mol. The van der Waals surface area contributed by atoms with Crippen LogP contribution in [0.5, 0.6) is 5.75 Å². The quantitative estimate of drug-likeness (QED) is 0.571. The predicted octanol–water partition coefficient (Wildman–Crippen LogP) is 3.87. The van der Waals surface area contributed by atoms with Crippen LogP contribution in [0, 0.1) is 0 Å². The summed E-state index contributed by atoms with van der Waals surface area (Å²) in [7, 11) is 1.65. The van der Waals surface area contributed by atoms with E-state index in [0.29, 0.717) is 6.42 Å². The molecule has 1 unspecified atom stereocenters. The number of aromatic amines is 1. The van der Waals surface area contributed by atoms with Crippen LogP contribution < -0.4 is 15.4 Å². The Hall–Kier alpha value is -3.28. The zero-order chi connectivity index (χ0) is 19.3. The number of methoxy groups -OCH3 is 1. The van der Waals surface area contributed by atoms with E-state index in [0.717, 1.165) is 41.0 Å². The maximum atomic E-state index is 12.6. The zero-order valence-electron chi connectivity index (χ0n) is 15.8. The molecule has 6 heteroatoms. The number of fused-ring (bicyclic) bond motifs is 1. The molecule has 1 aromatic heterocycles. The van der Waals surface area contributed by atoms with E-state index in [-0.39, 0.29) is 18.1 Å². The van der Waals surface area contributed by atoms with Crippen LogP contribution in [0.25, 0.3) is 11.0 Å². The summed E-state index contributed by atoms with van der Waals surface area (Å²) in [5, 5.41) is 6.14. The van der Waals surface area contributed by atoms with Crippen LogP contribution >= 0.6 is 0 Å². The molecule has 0 saturated carbocycles. The van der Waals surface area contributed by atoms with Crippen LogP contribution in [0.3, 0.4) is 0 Å². The van der Waals surface area contributed by atoms with Crippen molar-refractivity contribution < 1.29 is 9.53 Å². The fourth-order valence-electron chi connectivity index (χ4n) is 3.47. The highest BCUT2D eigenvalue weighted by Crippen LogP contribution is 2.21. The zero-order valence-corrected chi connectivity index (χ0v) is 15.8. The molecule has 0 spiro atoms. The number of amides is 2. The van der Waals surface area contributed by atoms with Crippen LogP contribution in [0.2, 0.25) is 0 Å². The molecule has 4 rings (SSSR count). The molecule has 2 amide bonds. The third-order valence-electron chi connectivity index (χ3n) is 4.99. The number of nitrogens with one attached hydrogen (secondary N) is 3. The summed E-state index contributed by atoms with van der Waals surface area (Å²) in [6.45, 7) is 0. The van der Waals surface area contributed by atoms with E-state index in [1.165, 1.54) is 0 Å². The molecule has 0 aliphatic heterocycles. The Morgan fingerprint density at radius 3 is 2.64 bits per heavy atom. The number of hydrogen-bond acceptors (Lipinski definition) is 3. The fourth-order valence-corrected chi connectivity index (χ4v) is 3.47. The smallest absolute Gasteiger partial charge is 0.315 e. The maximum Gasteiger partial charge on any atom is 0.315 e. The average molecular weight is 376 g/mol. The number of nitrogens with zero attached hydrogens (tertiary/aromatic N) is 1. The van der Waals surface area contributed by atoms with Gasteiger partial charge in [-0.1, -0.05) is 36.4 Å². The standard InChI is InChI=1S/C22H24N4O2/c1-28-17-12-10-15(11-13-17)14-20(26-22(27)23-16-6-2-3-7-16)21-24-18-8-4-5-9-19(18)25-21/h2-5,8-13,16,20H,6-7,14H2,1H3,(H,24,25)(H2,23,26,27). The van der Waals surface area contributed by atoms with E-state index >= 15 is 0 Å². The molecule has 0 fully saturated rings. The van der Waals surface area contributed by atoms with Crippen LogP contribution in [0.1, 0.15) is 30.3 Å². The summed E-state index contributed by atoms with van der Waals surface area (Å²) in [4.78, 5) is 20.6. The van der Waals surface area contributed by atoms with Gasteiger partial charge in [0.25, 0.3) is 0 Å². The molecule has 0 radical (unpaired) electrons. The Bertz CT molecular complexity index is 937. The maximum absolute atomic E-state index is 12.6. The number of rotatable bonds is 6. The van der Waals surface area contributed by atoms with Gasteiger partial charge >= 0.3 is 6.03 Å². The summed E-state index contributed by atoms with van der Waals surface area (Å²) in [5.41, 5.74) is 2.94. The van der Waals surface area contributed by atoms with Gasteiger partial charge in [0.1, 0.15) is 11.6 Å². The van der Waals surface area contributed by atoms with E-state index in [1.54, 1.807) is 7.11 Å². The van der Waals surface area contributed by atoms with Crippen molar-refractivity contribution in [1.82, 2.24) is 20.6 Å². The number of urea groups is 1. The lowest BCUT2D eigenvalue weighted by Crippen LogP contribution is -2.43. The lowest BCUT2D eigenvalue weighted by Gasteiger charge is -2.20. The molecular weight excluding hydrogens is 352 g/mol. The molecule has 0 bridgehead atoms. The third-order valence-corrected chi connectivity index (χ3v) is 4.99. The largest absolute Gasteiger partial charge is 0.497 e. The molecule has 3 aromatic rings. The minimum absolute atomic E-state index is 0.164. The number of hydrogen-bond donors (Lipinski definition) is 3.